The highest BCUT2D eigenvalue weighted by atomic mass is 79.9. The van der Waals surface area contributed by atoms with Gasteiger partial charge in [0.25, 0.3) is 0 Å². The van der Waals surface area contributed by atoms with Crippen molar-refractivity contribution < 1.29 is 17.2 Å². The summed E-state index contributed by atoms with van der Waals surface area (Å²) in [4.78, 5) is -0.546. The summed E-state index contributed by atoms with van der Waals surface area (Å²) >= 11 is 2.89. The molecule has 2 N–H and O–H groups in total. The molecule has 1 aliphatic heterocycles. The second-order valence-corrected chi connectivity index (χ2v) is 7.39. The molecular formula is C11H13BrF2N2O2S. The van der Waals surface area contributed by atoms with Gasteiger partial charge in [0.05, 0.1) is 0 Å². The van der Waals surface area contributed by atoms with Crippen LogP contribution in [0.15, 0.2) is 21.5 Å². The van der Waals surface area contributed by atoms with Crippen LogP contribution in [-0.4, -0.2) is 31.9 Å². The van der Waals surface area contributed by atoms with Crippen molar-refractivity contribution in [2.75, 3.05) is 13.1 Å². The van der Waals surface area contributed by atoms with E-state index >= 15 is 0 Å². The van der Waals surface area contributed by atoms with Crippen LogP contribution in [0, 0.1) is 17.6 Å². The number of hydrogen-bond acceptors (Lipinski definition) is 3. The van der Waals surface area contributed by atoms with Gasteiger partial charge in [-0.3, -0.25) is 0 Å². The summed E-state index contributed by atoms with van der Waals surface area (Å²) in [5.74, 6) is -1.95. The molecule has 0 aromatic heterocycles. The zero-order valence-electron chi connectivity index (χ0n) is 10.1. The molecule has 1 heterocycles. The van der Waals surface area contributed by atoms with Gasteiger partial charge in [-0.25, -0.2) is 17.2 Å². The summed E-state index contributed by atoms with van der Waals surface area (Å²) in [6.07, 6.45) is 0. The molecule has 2 rings (SSSR count). The number of nitrogens with two attached hydrogens (primary N) is 1. The summed E-state index contributed by atoms with van der Waals surface area (Å²) in [5.41, 5.74) is 5.77. The SMILES string of the molecule is CC1CN(S(=O)(=O)c2c(F)cc(F)cc2Br)CC1N. The Morgan fingerprint density at radius 1 is 1.37 bits per heavy atom. The Bertz CT molecular complexity index is 576. The first kappa shape index (κ1) is 14.8. The molecule has 0 spiro atoms. The molecule has 1 fully saturated rings. The maximum absolute atomic E-state index is 13.7. The fraction of sp³-hybridized carbons (Fsp3) is 0.455. The molecule has 1 saturated heterocycles. The Hall–Kier alpha value is -0.570. The van der Waals surface area contributed by atoms with Gasteiger partial charge in [0, 0.05) is 29.7 Å². The lowest BCUT2D eigenvalue weighted by atomic mass is 10.1. The van der Waals surface area contributed by atoms with Crippen molar-refractivity contribution in [3.63, 3.8) is 0 Å². The number of nitrogens with zero attached hydrogens (tertiary/aromatic N) is 1. The fourth-order valence-corrected chi connectivity index (χ4v) is 4.74. The summed E-state index contributed by atoms with van der Waals surface area (Å²) in [6, 6.07) is 1.20. The highest BCUT2D eigenvalue weighted by Gasteiger charge is 2.37. The van der Waals surface area contributed by atoms with E-state index in [1.807, 2.05) is 6.92 Å². The Kier molecular flexibility index (Phi) is 3.97. The first-order chi connectivity index (χ1) is 8.73. The molecule has 19 heavy (non-hydrogen) atoms. The molecule has 4 nitrogen and oxygen atoms in total. The van der Waals surface area contributed by atoms with Gasteiger partial charge in [0.2, 0.25) is 10.0 Å². The second-order valence-electron chi connectivity index (χ2n) is 4.66. The minimum atomic E-state index is -4.02. The summed E-state index contributed by atoms with van der Waals surface area (Å²) in [5, 5.41) is 0. The standard InChI is InChI=1S/C11H13BrF2N2O2S/c1-6-4-16(5-10(6)15)19(17,18)11-8(12)2-7(13)3-9(11)14/h2-3,6,10H,4-5,15H2,1H3. The molecule has 0 saturated carbocycles. The van der Waals surface area contributed by atoms with Crippen molar-refractivity contribution >= 4 is 26.0 Å². The predicted molar refractivity (Wildman–Crippen MR) is 70.0 cm³/mol. The number of hydrogen-bond donors (Lipinski definition) is 1. The number of benzene rings is 1. The molecule has 2 atom stereocenters. The van der Waals surface area contributed by atoms with E-state index in [0.29, 0.717) is 6.07 Å². The van der Waals surface area contributed by atoms with Crippen molar-refractivity contribution in [1.82, 2.24) is 4.31 Å². The molecule has 1 aliphatic rings. The first-order valence-electron chi connectivity index (χ1n) is 5.63. The van der Waals surface area contributed by atoms with Crippen LogP contribution in [0.3, 0.4) is 0 Å². The van der Waals surface area contributed by atoms with Crippen LogP contribution < -0.4 is 5.73 Å². The van der Waals surface area contributed by atoms with Crippen LogP contribution in [0.2, 0.25) is 0 Å². The van der Waals surface area contributed by atoms with Crippen LogP contribution in [0.4, 0.5) is 8.78 Å². The smallest absolute Gasteiger partial charge is 0.247 e. The maximum atomic E-state index is 13.7. The fourth-order valence-electron chi connectivity index (χ4n) is 2.05. The van der Waals surface area contributed by atoms with E-state index in [1.165, 1.54) is 0 Å². The molecule has 1 aromatic carbocycles. The molecule has 1 aromatic rings. The van der Waals surface area contributed by atoms with Gasteiger partial charge in [-0.1, -0.05) is 6.92 Å². The van der Waals surface area contributed by atoms with E-state index in [0.717, 1.165) is 10.4 Å². The number of halogens is 3. The zero-order chi connectivity index (χ0) is 14.4. The van der Waals surface area contributed by atoms with Crippen LogP contribution in [0.5, 0.6) is 0 Å². The van der Waals surface area contributed by atoms with Crippen molar-refractivity contribution in [2.24, 2.45) is 11.7 Å². The molecule has 0 radical (unpaired) electrons. The van der Waals surface area contributed by atoms with E-state index in [-0.39, 0.29) is 29.5 Å². The van der Waals surface area contributed by atoms with Gasteiger partial charge < -0.3 is 5.73 Å². The Morgan fingerprint density at radius 2 is 2.00 bits per heavy atom. The van der Waals surface area contributed by atoms with Crippen LogP contribution in [0.25, 0.3) is 0 Å². The topological polar surface area (TPSA) is 63.4 Å². The van der Waals surface area contributed by atoms with Crippen LogP contribution in [0.1, 0.15) is 6.92 Å². The summed E-state index contributed by atoms with van der Waals surface area (Å²) in [6.45, 7) is 2.19. The van der Waals surface area contributed by atoms with Crippen molar-refractivity contribution in [2.45, 2.75) is 17.9 Å². The van der Waals surface area contributed by atoms with E-state index in [2.05, 4.69) is 15.9 Å². The third-order valence-electron chi connectivity index (χ3n) is 3.20. The van der Waals surface area contributed by atoms with Crippen molar-refractivity contribution in [1.29, 1.82) is 0 Å². The highest BCUT2D eigenvalue weighted by Crippen LogP contribution is 2.31. The quantitative estimate of drug-likeness (QED) is 0.878. The summed E-state index contributed by atoms with van der Waals surface area (Å²) < 4.78 is 52.5. The predicted octanol–water partition coefficient (Wildman–Crippen LogP) is 1.70. The van der Waals surface area contributed by atoms with E-state index < -0.39 is 26.6 Å². The van der Waals surface area contributed by atoms with Gasteiger partial charge >= 0.3 is 0 Å². The largest absolute Gasteiger partial charge is 0.326 e. The lowest BCUT2D eigenvalue weighted by molar-refractivity contribution is 0.456. The van der Waals surface area contributed by atoms with Gasteiger partial charge in [-0.05, 0) is 27.9 Å². The van der Waals surface area contributed by atoms with Gasteiger partial charge in [0.1, 0.15) is 16.5 Å². The minimum Gasteiger partial charge on any atom is -0.326 e. The van der Waals surface area contributed by atoms with Gasteiger partial charge in [-0.15, -0.1) is 0 Å². The number of sulfonamides is 1. The molecule has 0 amide bonds. The van der Waals surface area contributed by atoms with Crippen molar-refractivity contribution in [3.8, 4) is 0 Å². The maximum Gasteiger partial charge on any atom is 0.247 e. The minimum absolute atomic E-state index is 0.00272. The molecule has 0 aliphatic carbocycles. The molecule has 2 unspecified atom stereocenters. The zero-order valence-corrected chi connectivity index (χ0v) is 12.5. The Labute approximate surface area is 118 Å². The normalized spacial score (nSPS) is 24.9. The molecule has 0 bridgehead atoms. The third-order valence-corrected chi connectivity index (χ3v) is 5.99. The lowest BCUT2D eigenvalue weighted by Gasteiger charge is -2.17. The van der Waals surface area contributed by atoms with E-state index in [9.17, 15) is 17.2 Å². The molecule has 106 valence electrons. The average molecular weight is 355 g/mol. The lowest BCUT2D eigenvalue weighted by Crippen LogP contribution is -2.33. The molecular weight excluding hydrogens is 342 g/mol. The van der Waals surface area contributed by atoms with E-state index in [4.69, 9.17) is 5.73 Å². The first-order valence-corrected chi connectivity index (χ1v) is 7.87. The third kappa shape index (κ3) is 2.67. The Balaban J connectivity index is 2.47. The van der Waals surface area contributed by atoms with Crippen molar-refractivity contribution in [3.05, 3.63) is 28.2 Å². The monoisotopic (exact) mass is 354 g/mol. The average Bonchev–Trinajstić information content (AvgIpc) is 2.57. The molecule has 8 heteroatoms. The van der Waals surface area contributed by atoms with Gasteiger partial charge in [0.15, 0.2) is 0 Å². The van der Waals surface area contributed by atoms with Crippen LogP contribution in [-0.2, 0) is 10.0 Å². The van der Waals surface area contributed by atoms with E-state index in [1.54, 1.807) is 0 Å². The summed E-state index contributed by atoms with van der Waals surface area (Å²) in [7, 11) is -4.02. The number of rotatable bonds is 2. The van der Waals surface area contributed by atoms with Crippen LogP contribution >= 0.6 is 15.9 Å². The highest BCUT2D eigenvalue weighted by molar-refractivity contribution is 9.10. The second kappa shape index (κ2) is 5.08. The van der Waals surface area contributed by atoms with Gasteiger partial charge in [-0.2, -0.15) is 4.31 Å². The Morgan fingerprint density at radius 3 is 2.47 bits per heavy atom.